The number of ether oxygens (including phenoxy) is 1. The molecule has 0 aliphatic heterocycles. The minimum absolute atomic E-state index is 0.0231. The summed E-state index contributed by atoms with van der Waals surface area (Å²) < 4.78 is 6.23. The predicted molar refractivity (Wildman–Crippen MR) is 76.0 cm³/mol. The lowest BCUT2D eigenvalue weighted by atomic mass is 9.84. The van der Waals surface area contributed by atoms with Gasteiger partial charge in [0.2, 0.25) is 0 Å². The van der Waals surface area contributed by atoms with Crippen LogP contribution in [0.4, 0.5) is 0 Å². The van der Waals surface area contributed by atoms with Gasteiger partial charge in [0.25, 0.3) is 0 Å². The van der Waals surface area contributed by atoms with Crippen molar-refractivity contribution in [3.8, 4) is 0 Å². The monoisotopic (exact) mass is 267 g/mol. The zero-order valence-corrected chi connectivity index (χ0v) is 11.8. The highest BCUT2D eigenvalue weighted by Gasteiger charge is 2.32. The minimum Gasteiger partial charge on any atom is -0.369 e. The number of rotatable bonds is 5. The highest BCUT2D eigenvalue weighted by atomic mass is 35.5. The van der Waals surface area contributed by atoms with E-state index in [-0.39, 0.29) is 5.60 Å². The molecular weight excluding hydrogens is 246 g/mol. The average Bonchev–Trinajstić information content (AvgIpc) is 2.38. The summed E-state index contributed by atoms with van der Waals surface area (Å²) >= 11 is 5.99. The van der Waals surface area contributed by atoms with Crippen LogP contribution in [-0.4, -0.2) is 19.2 Å². The van der Waals surface area contributed by atoms with Crippen LogP contribution in [0.25, 0.3) is 0 Å². The number of hydrogen-bond donors (Lipinski definition) is 1. The van der Waals surface area contributed by atoms with Crippen molar-refractivity contribution in [3.05, 3.63) is 34.9 Å². The molecule has 3 heteroatoms. The Morgan fingerprint density at radius 2 is 2.06 bits per heavy atom. The fourth-order valence-electron chi connectivity index (χ4n) is 2.75. The minimum atomic E-state index is 0.0231. The van der Waals surface area contributed by atoms with Crippen molar-refractivity contribution in [1.29, 1.82) is 0 Å². The molecule has 0 heterocycles. The van der Waals surface area contributed by atoms with Gasteiger partial charge in [-0.1, -0.05) is 43.0 Å². The molecule has 2 nitrogen and oxygen atoms in total. The van der Waals surface area contributed by atoms with Gasteiger partial charge in [0.05, 0.1) is 12.2 Å². The summed E-state index contributed by atoms with van der Waals surface area (Å²) in [6, 6.07) is 7.93. The summed E-state index contributed by atoms with van der Waals surface area (Å²) in [5.74, 6) is 0. The molecule has 0 saturated heterocycles. The lowest BCUT2D eigenvalue weighted by molar-refractivity contribution is -0.0775. The van der Waals surface area contributed by atoms with E-state index in [2.05, 4.69) is 11.4 Å². The van der Waals surface area contributed by atoms with E-state index < -0.39 is 0 Å². The quantitative estimate of drug-likeness (QED) is 0.877. The summed E-state index contributed by atoms with van der Waals surface area (Å²) in [6.45, 7) is 1.59. The third-order valence-corrected chi connectivity index (χ3v) is 3.93. The maximum Gasteiger partial charge on any atom is 0.0810 e. The van der Waals surface area contributed by atoms with Crippen LogP contribution in [0.1, 0.15) is 37.7 Å². The molecule has 0 radical (unpaired) electrons. The van der Waals surface area contributed by atoms with Crippen LogP contribution >= 0.6 is 11.6 Å². The normalized spacial score (nSPS) is 18.8. The molecular formula is C15H22ClNO. The van der Waals surface area contributed by atoms with Gasteiger partial charge in [-0.25, -0.2) is 0 Å². The van der Waals surface area contributed by atoms with E-state index in [1.54, 1.807) is 0 Å². The number of halogens is 1. The summed E-state index contributed by atoms with van der Waals surface area (Å²) in [5.41, 5.74) is 1.18. The van der Waals surface area contributed by atoms with E-state index in [1.165, 1.54) is 19.3 Å². The first kappa shape index (κ1) is 13.9. The predicted octanol–water partition coefficient (Wildman–Crippen LogP) is 3.78. The van der Waals surface area contributed by atoms with Crippen LogP contribution in [0.5, 0.6) is 0 Å². The van der Waals surface area contributed by atoms with E-state index in [4.69, 9.17) is 16.3 Å². The van der Waals surface area contributed by atoms with Crippen molar-refractivity contribution in [1.82, 2.24) is 5.32 Å². The van der Waals surface area contributed by atoms with Gasteiger partial charge in [0.15, 0.2) is 0 Å². The van der Waals surface area contributed by atoms with Gasteiger partial charge in [0, 0.05) is 11.6 Å². The highest BCUT2D eigenvalue weighted by Crippen LogP contribution is 2.32. The van der Waals surface area contributed by atoms with Crippen molar-refractivity contribution in [3.63, 3.8) is 0 Å². The van der Waals surface area contributed by atoms with Crippen LogP contribution in [0.15, 0.2) is 24.3 Å². The second-order valence-corrected chi connectivity index (χ2v) is 5.63. The molecule has 1 N–H and O–H groups in total. The summed E-state index contributed by atoms with van der Waals surface area (Å²) in [7, 11) is 2.00. The van der Waals surface area contributed by atoms with Gasteiger partial charge in [-0.05, 0) is 37.6 Å². The van der Waals surface area contributed by atoms with Crippen LogP contribution in [0, 0.1) is 0 Å². The molecule has 0 aromatic heterocycles. The third-order valence-electron chi connectivity index (χ3n) is 3.70. The second-order valence-electron chi connectivity index (χ2n) is 5.19. The smallest absolute Gasteiger partial charge is 0.0810 e. The Morgan fingerprint density at radius 3 is 2.72 bits per heavy atom. The zero-order valence-electron chi connectivity index (χ0n) is 11.0. The van der Waals surface area contributed by atoms with E-state index in [1.807, 2.05) is 25.2 Å². The third kappa shape index (κ3) is 3.71. The highest BCUT2D eigenvalue weighted by molar-refractivity contribution is 6.30. The Labute approximate surface area is 115 Å². The van der Waals surface area contributed by atoms with Gasteiger partial charge in [0.1, 0.15) is 0 Å². The SMILES string of the molecule is CNCC1(OCc2cccc(Cl)c2)CCCCC1. The first-order valence-corrected chi connectivity index (χ1v) is 7.15. The van der Waals surface area contributed by atoms with Crippen LogP contribution in [-0.2, 0) is 11.3 Å². The summed E-state index contributed by atoms with van der Waals surface area (Å²) in [6.07, 6.45) is 6.21. The Kier molecular flexibility index (Phi) is 5.04. The molecule has 100 valence electrons. The van der Waals surface area contributed by atoms with Gasteiger partial charge >= 0.3 is 0 Å². The van der Waals surface area contributed by atoms with Crippen molar-refractivity contribution in [2.75, 3.05) is 13.6 Å². The molecule has 0 amide bonds. The fourth-order valence-corrected chi connectivity index (χ4v) is 2.97. The summed E-state index contributed by atoms with van der Waals surface area (Å²) in [5, 5.41) is 4.05. The van der Waals surface area contributed by atoms with Gasteiger partial charge in [-0.3, -0.25) is 0 Å². The molecule has 0 atom stereocenters. The zero-order chi connectivity index (χ0) is 12.8. The number of likely N-dealkylation sites (N-methyl/N-ethyl adjacent to an activating group) is 1. The molecule has 2 rings (SSSR count). The van der Waals surface area contributed by atoms with Crippen molar-refractivity contribution >= 4 is 11.6 Å². The first-order chi connectivity index (χ1) is 8.74. The Balaban J connectivity index is 1.96. The maximum absolute atomic E-state index is 6.23. The lowest BCUT2D eigenvalue weighted by Gasteiger charge is -2.37. The van der Waals surface area contributed by atoms with Gasteiger partial charge < -0.3 is 10.1 Å². The molecule has 1 aliphatic carbocycles. The Hall–Kier alpha value is -0.570. The van der Waals surface area contributed by atoms with Crippen molar-refractivity contribution in [2.24, 2.45) is 0 Å². The molecule has 18 heavy (non-hydrogen) atoms. The van der Waals surface area contributed by atoms with E-state index in [0.717, 1.165) is 30.0 Å². The Bertz CT molecular complexity index is 369. The molecule has 0 unspecified atom stereocenters. The molecule has 0 spiro atoms. The molecule has 1 aromatic carbocycles. The number of nitrogens with one attached hydrogen (secondary N) is 1. The maximum atomic E-state index is 6.23. The second kappa shape index (κ2) is 6.55. The molecule has 0 bridgehead atoms. The molecule has 1 aromatic rings. The lowest BCUT2D eigenvalue weighted by Crippen LogP contribution is -2.43. The van der Waals surface area contributed by atoms with E-state index >= 15 is 0 Å². The van der Waals surface area contributed by atoms with Gasteiger partial charge in [-0.15, -0.1) is 0 Å². The summed E-state index contributed by atoms with van der Waals surface area (Å²) in [4.78, 5) is 0. The van der Waals surface area contributed by atoms with Crippen LogP contribution in [0.2, 0.25) is 5.02 Å². The van der Waals surface area contributed by atoms with Crippen LogP contribution in [0.3, 0.4) is 0 Å². The average molecular weight is 268 g/mol. The first-order valence-electron chi connectivity index (χ1n) is 6.77. The van der Waals surface area contributed by atoms with Gasteiger partial charge in [-0.2, -0.15) is 0 Å². The fraction of sp³-hybridized carbons (Fsp3) is 0.600. The van der Waals surface area contributed by atoms with Crippen LogP contribution < -0.4 is 5.32 Å². The van der Waals surface area contributed by atoms with Crippen molar-refractivity contribution in [2.45, 2.75) is 44.3 Å². The Morgan fingerprint density at radius 1 is 1.28 bits per heavy atom. The topological polar surface area (TPSA) is 21.3 Å². The molecule has 1 fully saturated rings. The van der Waals surface area contributed by atoms with E-state index in [9.17, 15) is 0 Å². The largest absolute Gasteiger partial charge is 0.369 e. The molecule has 1 saturated carbocycles. The van der Waals surface area contributed by atoms with E-state index in [0.29, 0.717) is 6.61 Å². The number of hydrogen-bond acceptors (Lipinski definition) is 2. The molecule has 1 aliphatic rings. The van der Waals surface area contributed by atoms with Crippen molar-refractivity contribution < 1.29 is 4.74 Å². The standard InChI is InChI=1S/C15H22ClNO/c1-17-12-15(8-3-2-4-9-15)18-11-13-6-5-7-14(16)10-13/h5-7,10,17H,2-4,8-9,11-12H2,1H3. The number of benzene rings is 1.